The molecule has 0 aliphatic heterocycles. The molecular formula is C12H15NO4. The number of H-pyrrole nitrogens is 1. The fourth-order valence-electron chi connectivity index (χ4n) is 0.471. The van der Waals surface area contributed by atoms with Gasteiger partial charge < -0.3 is 15.2 Å². The lowest BCUT2D eigenvalue weighted by Crippen LogP contribution is -1.82. The number of aromatic nitrogens is 1. The van der Waals surface area contributed by atoms with Gasteiger partial charge in [-0.15, -0.1) is 0 Å². The van der Waals surface area contributed by atoms with E-state index in [1.54, 1.807) is 6.08 Å². The predicted molar refractivity (Wildman–Crippen MR) is 66.5 cm³/mol. The Hall–Kier alpha value is -2.56. The minimum Gasteiger partial charge on any atom is -0.478 e. The Morgan fingerprint density at radius 1 is 1.12 bits per heavy atom. The molecule has 0 saturated heterocycles. The van der Waals surface area contributed by atoms with Crippen molar-refractivity contribution in [1.29, 1.82) is 0 Å². The highest BCUT2D eigenvalue weighted by Gasteiger charge is 1.76. The van der Waals surface area contributed by atoms with Gasteiger partial charge in [-0.1, -0.05) is 19.7 Å². The van der Waals surface area contributed by atoms with Crippen molar-refractivity contribution in [2.45, 2.75) is 0 Å². The second-order valence-electron chi connectivity index (χ2n) is 2.41. The summed E-state index contributed by atoms with van der Waals surface area (Å²) in [6, 6.07) is 3.91. The molecule has 0 aliphatic rings. The van der Waals surface area contributed by atoms with Gasteiger partial charge in [-0.05, 0) is 18.2 Å². The molecule has 3 N–H and O–H groups in total. The fourth-order valence-corrected chi connectivity index (χ4v) is 0.471. The summed E-state index contributed by atoms with van der Waals surface area (Å²) in [6.45, 7) is 9.49. The lowest BCUT2D eigenvalue weighted by atomic mass is 10.4. The zero-order chi connectivity index (χ0) is 13.7. The predicted octanol–water partition coefficient (Wildman–Crippen LogP) is 2.17. The van der Waals surface area contributed by atoms with E-state index in [1.807, 2.05) is 18.3 Å². The minimum atomic E-state index is -0.981. The molecule has 1 aromatic heterocycles. The van der Waals surface area contributed by atoms with E-state index in [4.69, 9.17) is 10.2 Å². The molecule has 17 heavy (non-hydrogen) atoms. The number of hydrogen-bond acceptors (Lipinski definition) is 2. The van der Waals surface area contributed by atoms with E-state index in [0.29, 0.717) is 0 Å². The topological polar surface area (TPSA) is 90.4 Å². The molecule has 0 fully saturated rings. The molecule has 0 radical (unpaired) electrons. The summed E-state index contributed by atoms with van der Waals surface area (Å²) in [7, 11) is 0. The summed E-state index contributed by atoms with van der Waals surface area (Å²) in [6.07, 6.45) is 5.32. The van der Waals surface area contributed by atoms with Gasteiger partial charge in [0.05, 0.1) is 0 Å². The largest absolute Gasteiger partial charge is 0.478 e. The number of aliphatic carboxylic acids is 2. The van der Waals surface area contributed by atoms with Gasteiger partial charge in [-0.25, -0.2) is 9.59 Å². The molecule has 0 unspecified atom stereocenters. The van der Waals surface area contributed by atoms with Crippen LogP contribution in [0.3, 0.4) is 0 Å². The molecule has 0 aromatic carbocycles. The fraction of sp³-hybridized carbons (Fsp3) is 0. The van der Waals surface area contributed by atoms with E-state index < -0.39 is 11.9 Å². The Labute approximate surface area is 99.4 Å². The number of carbonyl (C=O) groups is 2. The third-order valence-corrected chi connectivity index (χ3v) is 1.19. The summed E-state index contributed by atoms with van der Waals surface area (Å²) < 4.78 is 0. The van der Waals surface area contributed by atoms with Crippen LogP contribution in [0.15, 0.2) is 50.2 Å². The van der Waals surface area contributed by atoms with Crippen molar-refractivity contribution >= 4 is 18.0 Å². The Bertz CT molecular complexity index is 348. The zero-order valence-corrected chi connectivity index (χ0v) is 9.30. The number of hydrogen-bond donors (Lipinski definition) is 3. The van der Waals surface area contributed by atoms with Crippen LogP contribution < -0.4 is 0 Å². The molecule has 0 saturated carbocycles. The second kappa shape index (κ2) is 11.5. The van der Waals surface area contributed by atoms with Crippen LogP contribution in [0.1, 0.15) is 5.69 Å². The highest BCUT2D eigenvalue weighted by atomic mass is 16.4. The summed E-state index contributed by atoms with van der Waals surface area (Å²) >= 11 is 0. The summed E-state index contributed by atoms with van der Waals surface area (Å²) in [4.78, 5) is 21.5. The van der Waals surface area contributed by atoms with E-state index >= 15 is 0 Å². The smallest absolute Gasteiger partial charge is 0.327 e. The third-order valence-electron chi connectivity index (χ3n) is 1.19. The Balaban J connectivity index is 0. The van der Waals surface area contributed by atoms with Crippen LogP contribution in [-0.4, -0.2) is 27.1 Å². The van der Waals surface area contributed by atoms with Crippen LogP contribution in [-0.2, 0) is 9.59 Å². The van der Waals surface area contributed by atoms with Gasteiger partial charge in [0, 0.05) is 24.0 Å². The summed E-state index contributed by atoms with van der Waals surface area (Å²) in [5, 5.41) is 15.2. The van der Waals surface area contributed by atoms with Gasteiger partial charge in [0.1, 0.15) is 0 Å². The van der Waals surface area contributed by atoms with E-state index in [-0.39, 0.29) is 0 Å². The molecule has 0 spiro atoms. The molecule has 0 aliphatic carbocycles. The van der Waals surface area contributed by atoms with Gasteiger partial charge >= 0.3 is 11.9 Å². The van der Waals surface area contributed by atoms with Crippen molar-refractivity contribution in [3.05, 3.63) is 55.9 Å². The van der Waals surface area contributed by atoms with Crippen molar-refractivity contribution in [3.63, 3.8) is 0 Å². The van der Waals surface area contributed by atoms with Crippen LogP contribution in [0.2, 0.25) is 0 Å². The lowest BCUT2D eigenvalue weighted by molar-refractivity contribution is -0.132. The van der Waals surface area contributed by atoms with Gasteiger partial charge in [0.15, 0.2) is 0 Å². The maximum absolute atomic E-state index is 9.25. The normalized spacial score (nSPS) is 7.29. The Kier molecular flexibility index (Phi) is 11.4. The molecule has 0 atom stereocenters. The molecule has 1 rings (SSSR count). The first-order valence-corrected chi connectivity index (χ1v) is 4.44. The number of carboxylic acid groups (broad SMARTS) is 2. The molecule has 5 heteroatoms. The molecule has 92 valence electrons. The second-order valence-corrected chi connectivity index (χ2v) is 2.41. The van der Waals surface area contributed by atoms with E-state index in [1.165, 1.54) is 0 Å². The monoisotopic (exact) mass is 237 g/mol. The molecule has 5 nitrogen and oxygen atoms in total. The van der Waals surface area contributed by atoms with E-state index in [2.05, 4.69) is 24.7 Å². The van der Waals surface area contributed by atoms with Crippen molar-refractivity contribution in [2.75, 3.05) is 0 Å². The highest BCUT2D eigenvalue weighted by molar-refractivity contribution is 5.79. The molecular weight excluding hydrogens is 222 g/mol. The SMILES string of the molecule is C=CC(=O)O.C=CC(=O)O.C=Cc1ccc[nH]1. The zero-order valence-electron chi connectivity index (χ0n) is 9.30. The van der Waals surface area contributed by atoms with Crippen molar-refractivity contribution < 1.29 is 19.8 Å². The van der Waals surface area contributed by atoms with E-state index in [0.717, 1.165) is 17.8 Å². The van der Waals surface area contributed by atoms with Crippen molar-refractivity contribution in [3.8, 4) is 0 Å². The van der Waals surface area contributed by atoms with Crippen LogP contribution in [0, 0.1) is 0 Å². The first-order chi connectivity index (χ1) is 7.97. The van der Waals surface area contributed by atoms with Gasteiger partial charge in [0.25, 0.3) is 0 Å². The quantitative estimate of drug-likeness (QED) is 0.703. The lowest BCUT2D eigenvalue weighted by Gasteiger charge is -1.74. The maximum atomic E-state index is 9.25. The Morgan fingerprint density at radius 3 is 1.65 bits per heavy atom. The number of carboxylic acids is 2. The average molecular weight is 237 g/mol. The van der Waals surface area contributed by atoms with Crippen LogP contribution in [0.4, 0.5) is 0 Å². The van der Waals surface area contributed by atoms with Gasteiger partial charge in [0.2, 0.25) is 0 Å². The van der Waals surface area contributed by atoms with Gasteiger partial charge in [-0.3, -0.25) is 0 Å². The molecule has 1 aromatic rings. The summed E-state index contributed by atoms with van der Waals surface area (Å²) in [5.41, 5.74) is 1.07. The first kappa shape index (κ1) is 16.9. The van der Waals surface area contributed by atoms with Crippen LogP contribution in [0.5, 0.6) is 0 Å². The standard InChI is InChI=1S/C6H7N.2C3H4O2/c1-2-6-4-3-5-7-6;2*1-2-3(4)5/h2-5,7H,1H2;2*2H,1H2,(H,4,5). The molecule has 1 heterocycles. The maximum Gasteiger partial charge on any atom is 0.327 e. The van der Waals surface area contributed by atoms with Crippen molar-refractivity contribution in [2.24, 2.45) is 0 Å². The highest BCUT2D eigenvalue weighted by Crippen LogP contribution is 1.92. The Morgan fingerprint density at radius 2 is 1.53 bits per heavy atom. The third kappa shape index (κ3) is 16.1. The van der Waals surface area contributed by atoms with Crippen LogP contribution >= 0.6 is 0 Å². The van der Waals surface area contributed by atoms with Crippen molar-refractivity contribution in [1.82, 2.24) is 4.98 Å². The average Bonchev–Trinajstić information content (AvgIpc) is 2.83. The first-order valence-electron chi connectivity index (χ1n) is 4.44. The molecule has 0 amide bonds. The molecule has 0 bridgehead atoms. The number of rotatable bonds is 3. The number of aromatic amines is 1. The van der Waals surface area contributed by atoms with Gasteiger partial charge in [-0.2, -0.15) is 0 Å². The summed E-state index contributed by atoms with van der Waals surface area (Å²) in [5.74, 6) is -1.96. The van der Waals surface area contributed by atoms with Crippen LogP contribution in [0.25, 0.3) is 6.08 Å². The van der Waals surface area contributed by atoms with E-state index in [9.17, 15) is 9.59 Å². The number of nitrogens with one attached hydrogen (secondary N) is 1. The minimum absolute atomic E-state index is 0.833.